The van der Waals surface area contributed by atoms with Gasteiger partial charge in [-0.2, -0.15) is 5.10 Å². The fraction of sp³-hybridized carbons (Fsp3) is 0.375. The van der Waals surface area contributed by atoms with Crippen molar-refractivity contribution in [1.82, 2.24) is 15.1 Å². The van der Waals surface area contributed by atoms with Gasteiger partial charge in [-0.3, -0.25) is 4.79 Å². The Morgan fingerprint density at radius 1 is 1.38 bits per heavy atom. The monoisotopic (exact) mass is 287 g/mol. The SMILES string of the molecule is CCc1c(C(=O)NCC2CC2)cnn1-c1ccc(F)cc1. The Labute approximate surface area is 123 Å². The largest absolute Gasteiger partial charge is 0.352 e. The van der Waals surface area contributed by atoms with Gasteiger partial charge in [0.15, 0.2) is 0 Å². The molecule has 2 aromatic rings. The normalized spacial score (nSPS) is 14.2. The maximum absolute atomic E-state index is 13.0. The Morgan fingerprint density at radius 2 is 2.10 bits per heavy atom. The molecular formula is C16H18FN3O. The van der Waals surface area contributed by atoms with Crippen LogP contribution in [-0.4, -0.2) is 22.2 Å². The van der Waals surface area contributed by atoms with E-state index in [4.69, 9.17) is 0 Å². The number of nitrogens with one attached hydrogen (secondary N) is 1. The zero-order chi connectivity index (χ0) is 14.8. The summed E-state index contributed by atoms with van der Waals surface area (Å²) >= 11 is 0. The summed E-state index contributed by atoms with van der Waals surface area (Å²) in [5.74, 6) is 0.282. The molecule has 1 heterocycles. The molecule has 0 saturated heterocycles. The molecule has 0 bridgehead atoms. The average molecular weight is 287 g/mol. The van der Waals surface area contributed by atoms with Crippen molar-refractivity contribution in [1.29, 1.82) is 0 Å². The first-order valence-corrected chi connectivity index (χ1v) is 7.30. The van der Waals surface area contributed by atoms with Crippen LogP contribution >= 0.6 is 0 Å². The molecule has 0 aliphatic heterocycles. The fourth-order valence-electron chi connectivity index (χ4n) is 2.36. The molecule has 4 nitrogen and oxygen atoms in total. The highest BCUT2D eigenvalue weighted by atomic mass is 19.1. The third-order valence-electron chi connectivity index (χ3n) is 3.77. The molecule has 1 amide bonds. The molecule has 21 heavy (non-hydrogen) atoms. The van der Waals surface area contributed by atoms with Gasteiger partial charge in [0.05, 0.1) is 23.1 Å². The molecule has 0 spiro atoms. The van der Waals surface area contributed by atoms with Crippen molar-refractivity contribution >= 4 is 5.91 Å². The first-order valence-electron chi connectivity index (χ1n) is 7.30. The zero-order valence-electron chi connectivity index (χ0n) is 12.0. The van der Waals surface area contributed by atoms with Crippen LogP contribution < -0.4 is 5.32 Å². The van der Waals surface area contributed by atoms with Gasteiger partial charge in [0, 0.05) is 6.54 Å². The Hall–Kier alpha value is -2.17. The lowest BCUT2D eigenvalue weighted by Gasteiger charge is -2.08. The third kappa shape index (κ3) is 2.96. The lowest BCUT2D eigenvalue weighted by Crippen LogP contribution is -2.26. The predicted octanol–water partition coefficient (Wildman–Crippen LogP) is 2.71. The van der Waals surface area contributed by atoms with Crippen molar-refractivity contribution in [2.24, 2.45) is 5.92 Å². The quantitative estimate of drug-likeness (QED) is 0.919. The number of carbonyl (C=O) groups excluding carboxylic acids is 1. The van der Waals surface area contributed by atoms with E-state index in [1.54, 1.807) is 23.0 Å². The Kier molecular flexibility index (Phi) is 3.73. The van der Waals surface area contributed by atoms with E-state index in [1.165, 1.54) is 25.0 Å². The molecule has 1 aromatic carbocycles. The lowest BCUT2D eigenvalue weighted by atomic mass is 10.2. The minimum absolute atomic E-state index is 0.0767. The summed E-state index contributed by atoms with van der Waals surface area (Å²) in [5, 5.41) is 7.24. The highest BCUT2D eigenvalue weighted by molar-refractivity contribution is 5.95. The fourth-order valence-corrected chi connectivity index (χ4v) is 2.36. The van der Waals surface area contributed by atoms with Gasteiger partial charge in [-0.05, 0) is 49.4 Å². The molecule has 0 unspecified atom stereocenters. The molecule has 5 heteroatoms. The van der Waals surface area contributed by atoms with Crippen molar-refractivity contribution in [3.8, 4) is 5.69 Å². The van der Waals surface area contributed by atoms with Crippen LogP contribution in [0.2, 0.25) is 0 Å². The second-order valence-electron chi connectivity index (χ2n) is 5.40. The predicted molar refractivity (Wildman–Crippen MR) is 78.0 cm³/mol. The van der Waals surface area contributed by atoms with Crippen molar-refractivity contribution < 1.29 is 9.18 Å². The van der Waals surface area contributed by atoms with Crippen LogP contribution in [0.1, 0.15) is 35.8 Å². The number of hydrogen-bond donors (Lipinski definition) is 1. The first-order chi connectivity index (χ1) is 10.2. The number of carbonyl (C=O) groups is 1. The van der Waals surface area contributed by atoms with Gasteiger partial charge in [0.25, 0.3) is 5.91 Å². The van der Waals surface area contributed by atoms with Crippen molar-refractivity contribution in [3.05, 3.63) is 47.5 Å². The van der Waals surface area contributed by atoms with Crippen LogP contribution in [0.25, 0.3) is 5.69 Å². The molecule has 1 fully saturated rings. The van der Waals surface area contributed by atoms with Gasteiger partial charge in [-0.1, -0.05) is 6.92 Å². The Balaban J connectivity index is 1.85. The van der Waals surface area contributed by atoms with E-state index < -0.39 is 0 Å². The van der Waals surface area contributed by atoms with Crippen LogP contribution in [0.3, 0.4) is 0 Å². The highest BCUT2D eigenvalue weighted by Crippen LogP contribution is 2.27. The molecular weight excluding hydrogens is 269 g/mol. The molecule has 110 valence electrons. The van der Waals surface area contributed by atoms with E-state index in [1.807, 2.05) is 6.92 Å². The summed E-state index contributed by atoms with van der Waals surface area (Å²) in [5.41, 5.74) is 2.20. The maximum atomic E-state index is 13.0. The summed E-state index contributed by atoms with van der Waals surface area (Å²) in [6.45, 7) is 2.72. The standard InChI is InChI=1S/C16H18FN3O/c1-2-15-14(16(21)18-9-11-3-4-11)10-19-20(15)13-7-5-12(17)6-8-13/h5-8,10-11H,2-4,9H2,1H3,(H,18,21). The van der Waals surface area contributed by atoms with Gasteiger partial charge in [-0.15, -0.1) is 0 Å². The van der Waals surface area contributed by atoms with Gasteiger partial charge >= 0.3 is 0 Å². The van der Waals surface area contributed by atoms with E-state index in [2.05, 4.69) is 10.4 Å². The molecule has 1 aliphatic carbocycles. The van der Waals surface area contributed by atoms with Crippen molar-refractivity contribution in [3.63, 3.8) is 0 Å². The van der Waals surface area contributed by atoms with E-state index in [-0.39, 0.29) is 11.7 Å². The van der Waals surface area contributed by atoms with E-state index in [0.717, 1.165) is 17.9 Å². The van der Waals surface area contributed by atoms with Crippen LogP contribution in [0.15, 0.2) is 30.5 Å². The summed E-state index contributed by atoms with van der Waals surface area (Å²) in [6.07, 6.45) is 4.68. The molecule has 1 aliphatic rings. The van der Waals surface area contributed by atoms with Gasteiger partial charge < -0.3 is 5.32 Å². The first kappa shape index (κ1) is 13.8. The number of amides is 1. The van der Waals surface area contributed by atoms with E-state index in [9.17, 15) is 9.18 Å². The summed E-state index contributed by atoms with van der Waals surface area (Å²) in [7, 11) is 0. The molecule has 1 N–H and O–H groups in total. The lowest BCUT2D eigenvalue weighted by molar-refractivity contribution is 0.0951. The van der Waals surface area contributed by atoms with Crippen LogP contribution in [0, 0.1) is 11.7 Å². The number of aromatic nitrogens is 2. The molecule has 0 radical (unpaired) electrons. The zero-order valence-corrected chi connectivity index (χ0v) is 12.0. The summed E-state index contributed by atoms with van der Waals surface area (Å²) in [6, 6.07) is 6.10. The van der Waals surface area contributed by atoms with Crippen molar-refractivity contribution in [2.75, 3.05) is 6.54 Å². The topological polar surface area (TPSA) is 46.9 Å². The Morgan fingerprint density at radius 3 is 2.71 bits per heavy atom. The summed E-state index contributed by atoms with van der Waals surface area (Å²) in [4.78, 5) is 12.2. The third-order valence-corrected chi connectivity index (χ3v) is 3.77. The van der Waals surface area contributed by atoms with Crippen LogP contribution in [0.5, 0.6) is 0 Å². The van der Waals surface area contributed by atoms with Crippen molar-refractivity contribution in [2.45, 2.75) is 26.2 Å². The van der Waals surface area contributed by atoms with E-state index in [0.29, 0.717) is 17.9 Å². The van der Waals surface area contributed by atoms with Gasteiger partial charge in [-0.25, -0.2) is 9.07 Å². The minimum atomic E-state index is -0.286. The number of halogens is 1. The Bertz CT molecular complexity index is 644. The number of benzene rings is 1. The van der Waals surface area contributed by atoms with Gasteiger partial charge in [0.2, 0.25) is 0 Å². The number of hydrogen-bond acceptors (Lipinski definition) is 2. The smallest absolute Gasteiger partial charge is 0.254 e. The second kappa shape index (κ2) is 5.68. The van der Waals surface area contributed by atoms with Crippen LogP contribution in [-0.2, 0) is 6.42 Å². The highest BCUT2D eigenvalue weighted by Gasteiger charge is 2.23. The molecule has 0 atom stereocenters. The van der Waals surface area contributed by atoms with Crippen LogP contribution in [0.4, 0.5) is 4.39 Å². The average Bonchev–Trinajstić information content (AvgIpc) is 3.22. The summed E-state index contributed by atoms with van der Waals surface area (Å²) < 4.78 is 14.7. The number of nitrogens with zero attached hydrogens (tertiary/aromatic N) is 2. The van der Waals surface area contributed by atoms with Gasteiger partial charge in [0.1, 0.15) is 5.82 Å². The van der Waals surface area contributed by atoms with E-state index >= 15 is 0 Å². The maximum Gasteiger partial charge on any atom is 0.254 e. The minimum Gasteiger partial charge on any atom is -0.352 e. The number of rotatable bonds is 5. The molecule has 1 saturated carbocycles. The molecule has 1 aromatic heterocycles. The molecule has 3 rings (SSSR count). The second-order valence-corrected chi connectivity index (χ2v) is 5.40.